The van der Waals surface area contributed by atoms with E-state index < -0.39 is 10.0 Å². The standard InChI is InChI=1S/C20H19N5O3S/c26-18(23-10-12-24(13-11-23)20-21-8-3-9-22-20)14-25-16-6-1-4-15-5-2-7-17(19(15)16)29(25,27)28/h1-9H,10-14H2. The average molecular weight is 409 g/mol. The van der Waals surface area contributed by atoms with E-state index in [0.29, 0.717) is 43.2 Å². The number of amides is 1. The molecule has 0 radical (unpaired) electrons. The average Bonchev–Trinajstić information content (AvgIpc) is 2.98. The summed E-state index contributed by atoms with van der Waals surface area (Å²) in [5, 5.41) is 1.55. The summed E-state index contributed by atoms with van der Waals surface area (Å²) < 4.78 is 27.3. The number of benzene rings is 2. The molecule has 3 heterocycles. The largest absolute Gasteiger partial charge is 0.338 e. The van der Waals surface area contributed by atoms with Gasteiger partial charge in [0.1, 0.15) is 6.54 Å². The quantitative estimate of drug-likeness (QED) is 0.651. The van der Waals surface area contributed by atoms with E-state index in [1.54, 1.807) is 41.6 Å². The van der Waals surface area contributed by atoms with E-state index in [9.17, 15) is 13.2 Å². The lowest BCUT2D eigenvalue weighted by Gasteiger charge is -2.35. The molecule has 0 N–H and O–H groups in total. The van der Waals surface area contributed by atoms with Gasteiger partial charge in [-0.1, -0.05) is 24.3 Å². The van der Waals surface area contributed by atoms with Crippen molar-refractivity contribution in [2.24, 2.45) is 0 Å². The van der Waals surface area contributed by atoms with Crippen LogP contribution < -0.4 is 9.21 Å². The Labute approximate surface area is 168 Å². The second-order valence-corrected chi connectivity index (χ2v) is 8.89. The molecule has 0 unspecified atom stereocenters. The lowest BCUT2D eigenvalue weighted by atomic mass is 10.1. The number of nitrogens with zero attached hydrogens (tertiary/aromatic N) is 5. The summed E-state index contributed by atoms with van der Waals surface area (Å²) in [7, 11) is -3.73. The highest BCUT2D eigenvalue weighted by molar-refractivity contribution is 7.93. The van der Waals surface area contributed by atoms with Crippen LogP contribution in [-0.4, -0.2) is 61.9 Å². The number of hydrogen-bond donors (Lipinski definition) is 0. The van der Waals surface area contributed by atoms with Crippen molar-refractivity contribution >= 4 is 38.3 Å². The van der Waals surface area contributed by atoms with Crippen LogP contribution >= 0.6 is 0 Å². The molecule has 2 aliphatic heterocycles. The summed E-state index contributed by atoms with van der Waals surface area (Å²) in [6, 6.07) is 12.4. The molecule has 148 valence electrons. The fraction of sp³-hybridized carbons (Fsp3) is 0.250. The number of aromatic nitrogens is 2. The van der Waals surface area contributed by atoms with Gasteiger partial charge in [0, 0.05) is 44.0 Å². The van der Waals surface area contributed by atoms with Gasteiger partial charge in [0.25, 0.3) is 10.0 Å². The van der Waals surface area contributed by atoms with Gasteiger partial charge in [0.05, 0.1) is 10.6 Å². The van der Waals surface area contributed by atoms with E-state index in [0.717, 1.165) is 5.39 Å². The maximum absolute atomic E-state index is 13.1. The van der Waals surface area contributed by atoms with E-state index in [1.807, 2.05) is 23.1 Å². The van der Waals surface area contributed by atoms with Crippen LogP contribution in [0.5, 0.6) is 0 Å². The normalized spacial score (nSPS) is 17.7. The van der Waals surface area contributed by atoms with Gasteiger partial charge in [-0.2, -0.15) is 0 Å². The van der Waals surface area contributed by atoms with Crippen molar-refractivity contribution in [3.05, 3.63) is 54.9 Å². The monoisotopic (exact) mass is 409 g/mol. The summed E-state index contributed by atoms with van der Waals surface area (Å²) >= 11 is 0. The van der Waals surface area contributed by atoms with E-state index in [-0.39, 0.29) is 17.3 Å². The number of rotatable bonds is 3. The summed E-state index contributed by atoms with van der Waals surface area (Å²) in [5.74, 6) is 0.441. The first-order chi connectivity index (χ1) is 14.1. The number of hydrogen-bond acceptors (Lipinski definition) is 6. The Balaban J connectivity index is 1.34. The van der Waals surface area contributed by atoms with Crippen LogP contribution in [-0.2, 0) is 14.8 Å². The van der Waals surface area contributed by atoms with Gasteiger partial charge in [0.2, 0.25) is 11.9 Å². The summed E-state index contributed by atoms with van der Waals surface area (Å²) in [6.45, 7) is 2.03. The van der Waals surface area contributed by atoms with Crippen molar-refractivity contribution < 1.29 is 13.2 Å². The second-order valence-electron chi connectivity index (χ2n) is 7.06. The zero-order valence-electron chi connectivity index (χ0n) is 15.6. The number of piperazine rings is 1. The maximum Gasteiger partial charge on any atom is 0.265 e. The minimum absolute atomic E-state index is 0.196. The van der Waals surface area contributed by atoms with Crippen molar-refractivity contribution in [2.45, 2.75) is 4.90 Å². The molecule has 2 aliphatic rings. The van der Waals surface area contributed by atoms with Crippen molar-refractivity contribution in [3.63, 3.8) is 0 Å². The van der Waals surface area contributed by atoms with E-state index >= 15 is 0 Å². The molecule has 3 aromatic rings. The Kier molecular flexibility index (Phi) is 4.13. The predicted molar refractivity (Wildman–Crippen MR) is 109 cm³/mol. The first kappa shape index (κ1) is 17.9. The topological polar surface area (TPSA) is 86.7 Å². The van der Waals surface area contributed by atoms with Gasteiger partial charge < -0.3 is 9.80 Å². The predicted octanol–water partition coefficient (Wildman–Crippen LogP) is 1.49. The van der Waals surface area contributed by atoms with Gasteiger partial charge >= 0.3 is 0 Å². The molecule has 1 fully saturated rings. The van der Waals surface area contributed by atoms with Crippen LogP contribution in [0, 0.1) is 0 Å². The van der Waals surface area contributed by atoms with Crippen molar-refractivity contribution in [2.75, 3.05) is 41.9 Å². The van der Waals surface area contributed by atoms with Crippen LogP contribution in [0.15, 0.2) is 59.8 Å². The highest BCUT2D eigenvalue weighted by Gasteiger charge is 2.37. The van der Waals surface area contributed by atoms with E-state index in [4.69, 9.17) is 0 Å². The third-order valence-corrected chi connectivity index (χ3v) is 7.23. The molecule has 0 bridgehead atoms. The number of carbonyl (C=O) groups is 1. The van der Waals surface area contributed by atoms with Crippen LogP contribution in [0.2, 0.25) is 0 Å². The Bertz CT molecular complexity index is 1190. The lowest BCUT2D eigenvalue weighted by molar-refractivity contribution is -0.129. The Morgan fingerprint density at radius 3 is 2.34 bits per heavy atom. The molecule has 9 heteroatoms. The smallest absolute Gasteiger partial charge is 0.265 e. The van der Waals surface area contributed by atoms with Gasteiger partial charge in [0.15, 0.2) is 0 Å². The number of carbonyl (C=O) groups excluding carboxylic acids is 1. The fourth-order valence-electron chi connectivity index (χ4n) is 3.96. The summed E-state index contributed by atoms with van der Waals surface area (Å²) in [6.07, 6.45) is 3.38. The Morgan fingerprint density at radius 1 is 0.931 bits per heavy atom. The molecule has 1 amide bonds. The zero-order valence-corrected chi connectivity index (χ0v) is 16.4. The molecule has 0 spiro atoms. The molecule has 8 nitrogen and oxygen atoms in total. The minimum atomic E-state index is -3.73. The molecular formula is C20H19N5O3S. The van der Waals surface area contributed by atoms with Crippen molar-refractivity contribution in [1.82, 2.24) is 14.9 Å². The molecule has 0 aliphatic carbocycles. The van der Waals surface area contributed by atoms with Crippen LogP contribution in [0.25, 0.3) is 10.8 Å². The van der Waals surface area contributed by atoms with Gasteiger partial charge in [-0.3, -0.25) is 9.10 Å². The van der Waals surface area contributed by atoms with Gasteiger partial charge in [-0.05, 0) is 23.6 Å². The Hall–Kier alpha value is -3.20. The van der Waals surface area contributed by atoms with Gasteiger partial charge in [-0.25, -0.2) is 18.4 Å². The third kappa shape index (κ3) is 2.89. The van der Waals surface area contributed by atoms with E-state index in [1.165, 1.54) is 4.31 Å². The number of sulfonamides is 1. The first-order valence-corrected chi connectivity index (χ1v) is 10.8. The van der Waals surface area contributed by atoms with E-state index in [2.05, 4.69) is 9.97 Å². The molecule has 1 aromatic heterocycles. The zero-order chi connectivity index (χ0) is 20.0. The van der Waals surface area contributed by atoms with Gasteiger partial charge in [-0.15, -0.1) is 0 Å². The minimum Gasteiger partial charge on any atom is -0.338 e. The SMILES string of the molecule is O=C(CN1c2cccc3cccc(c23)S1(=O)=O)N1CCN(c2ncccn2)CC1. The highest BCUT2D eigenvalue weighted by Crippen LogP contribution is 2.41. The molecule has 5 rings (SSSR count). The molecule has 29 heavy (non-hydrogen) atoms. The van der Waals surface area contributed by atoms with Crippen molar-refractivity contribution in [3.8, 4) is 0 Å². The summed E-state index contributed by atoms with van der Waals surface area (Å²) in [4.78, 5) is 25.4. The molecular weight excluding hydrogens is 390 g/mol. The van der Waals surface area contributed by atoms with Crippen LogP contribution in [0.4, 0.5) is 11.6 Å². The highest BCUT2D eigenvalue weighted by atomic mass is 32.2. The third-order valence-electron chi connectivity index (χ3n) is 5.43. The first-order valence-electron chi connectivity index (χ1n) is 9.40. The van der Waals surface area contributed by atoms with Crippen LogP contribution in [0.3, 0.4) is 0 Å². The summed E-state index contributed by atoms with van der Waals surface area (Å²) in [5.41, 5.74) is 0.572. The van der Waals surface area contributed by atoms with Crippen molar-refractivity contribution in [1.29, 1.82) is 0 Å². The molecule has 1 saturated heterocycles. The number of anilines is 2. The Morgan fingerprint density at radius 2 is 1.62 bits per heavy atom. The lowest BCUT2D eigenvalue weighted by Crippen LogP contribution is -2.52. The maximum atomic E-state index is 13.1. The second kappa shape index (κ2) is 6.70. The molecule has 0 atom stereocenters. The fourth-order valence-corrected chi connectivity index (χ4v) is 5.62. The van der Waals surface area contributed by atoms with Crippen LogP contribution in [0.1, 0.15) is 0 Å². The molecule has 2 aromatic carbocycles. The molecule has 0 saturated carbocycles.